The molecule has 18 heavy (non-hydrogen) atoms. The van der Waals surface area contributed by atoms with Crippen LogP contribution in [0.15, 0.2) is 18.2 Å². The van der Waals surface area contributed by atoms with Crippen LogP contribution < -0.4 is 0 Å². The summed E-state index contributed by atoms with van der Waals surface area (Å²) in [6.07, 6.45) is 2.20. The van der Waals surface area contributed by atoms with E-state index in [0.29, 0.717) is 11.4 Å². The van der Waals surface area contributed by atoms with Crippen LogP contribution >= 0.6 is 0 Å². The van der Waals surface area contributed by atoms with Gasteiger partial charge in [0.2, 0.25) is 0 Å². The molecule has 1 aromatic carbocycles. The van der Waals surface area contributed by atoms with Crippen LogP contribution in [0.1, 0.15) is 37.0 Å². The molecule has 96 valence electrons. The smallest absolute Gasteiger partial charge is 0.335 e. The largest absolute Gasteiger partial charge is 0.478 e. The summed E-state index contributed by atoms with van der Waals surface area (Å²) < 4.78 is 1.84. The van der Waals surface area contributed by atoms with Gasteiger partial charge in [-0.2, -0.15) is 0 Å². The van der Waals surface area contributed by atoms with Gasteiger partial charge in [-0.15, -0.1) is 5.10 Å². The van der Waals surface area contributed by atoms with Crippen molar-refractivity contribution in [3.63, 3.8) is 0 Å². The first kappa shape index (κ1) is 12.5. The molecular formula is C13H17N3O2. The average Bonchev–Trinajstić information content (AvgIpc) is 2.71. The van der Waals surface area contributed by atoms with Gasteiger partial charge in [-0.1, -0.05) is 19.1 Å². The Labute approximate surface area is 105 Å². The molecule has 0 radical (unpaired) electrons. The SMILES string of the molecule is CC(C)CCCn1nnc2cc(C(=O)O)ccc21. The molecule has 0 saturated carbocycles. The fraction of sp³-hybridized carbons (Fsp3) is 0.462. The summed E-state index contributed by atoms with van der Waals surface area (Å²) in [5.41, 5.74) is 1.78. The van der Waals surface area contributed by atoms with Crippen LogP contribution in [0.25, 0.3) is 11.0 Å². The lowest BCUT2D eigenvalue weighted by Gasteiger charge is -2.04. The zero-order chi connectivity index (χ0) is 13.1. The minimum absolute atomic E-state index is 0.247. The first-order chi connectivity index (χ1) is 8.58. The topological polar surface area (TPSA) is 68.0 Å². The zero-order valence-electron chi connectivity index (χ0n) is 10.6. The summed E-state index contributed by atoms with van der Waals surface area (Å²) in [7, 11) is 0. The van der Waals surface area contributed by atoms with Gasteiger partial charge in [0.1, 0.15) is 5.52 Å². The molecule has 5 heteroatoms. The number of fused-ring (bicyclic) bond motifs is 1. The number of carbonyl (C=O) groups is 1. The molecule has 0 bridgehead atoms. The molecule has 0 amide bonds. The van der Waals surface area contributed by atoms with Crippen LogP contribution in [0.5, 0.6) is 0 Å². The number of hydrogen-bond donors (Lipinski definition) is 1. The second-order valence-electron chi connectivity index (χ2n) is 4.86. The van der Waals surface area contributed by atoms with Crippen LogP contribution in [-0.4, -0.2) is 26.1 Å². The molecule has 0 aliphatic heterocycles. The number of aromatic carboxylic acids is 1. The molecule has 2 rings (SSSR count). The number of nitrogens with zero attached hydrogens (tertiary/aromatic N) is 3. The first-order valence-corrected chi connectivity index (χ1v) is 6.14. The van der Waals surface area contributed by atoms with E-state index in [-0.39, 0.29) is 5.56 Å². The van der Waals surface area contributed by atoms with Gasteiger partial charge in [0.15, 0.2) is 0 Å². The van der Waals surface area contributed by atoms with E-state index in [4.69, 9.17) is 5.11 Å². The normalized spacial score (nSPS) is 11.3. The third-order valence-electron chi connectivity index (χ3n) is 2.91. The van der Waals surface area contributed by atoms with Crippen LogP contribution in [0.3, 0.4) is 0 Å². The summed E-state index contributed by atoms with van der Waals surface area (Å²) >= 11 is 0. The van der Waals surface area contributed by atoms with Crippen LogP contribution in [0, 0.1) is 5.92 Å². The standard InChI is InChI=1S/C13H17N3O2/c1-9(2)4-3-7-16-12-6-5-10(13(17)18)8-11(12)14-15-16/h5-6,8-9H,3-4,7H2,1-2H3,(H,17,18). The molecular weight excluding hydrogens is 230 g/mol. The Kier molecular flexibility index (Phi) is 3.60. The Balaban J connectivity index is 2.18. The summed E-state index contributed by atoms with van der Waals surface area (Å²) in [4.78, 5) is 10.8. The minimum atomic E-state index is -0.939. The van der Waals surface area contributed by atoms with Crippen molar-refractivity contribution in [2.75, 3.05) is 0 Å². The number of hydrogen-bond acceptors (Lipinski definition) is 3. The van der Waals surface area contributed by atoms with Crippen LogP contribution in [0.2, 0.25) is 0 Å². The van der Waals surface area contributed by atoms with Gasteiger partial charge in [0.25, 0.3) is 0 Å². The number of aryl methyl sites for hydroxylation is 1. The van der Waals surface area contributed by atoms with E-state index in [9.17, 15) is 4.79 Å². The van der Waals surface area contributed by atoms with Crippen molar-refractivity contribution in [1.29, 1.82) is 0 Å². The zero-order valence-corrected chi connectivity index (χ0v) is 10.6. The maximum atomic E-state index is 10.8. The van der Waals surface area contributed by atoms with Gasteiger partial charge < -0.3 is 5.11 Å². The van der Waals surface area contributed by atoms with E-state index in [1.165, 1.54) is 0 Å². The summed E-state index contributed by atoms with van der Waals surface area (Å²) in [5.74, 6) is -0.260. The van der Waals surface area contributed by atoms with E-state index in [1.54, 1.807) is 18.2 Å². The molecule has 0 spiro atoms. The molecule has 1 aromatic heterocycles. The molecule has 1 heterocycles. The Hall–Kier alpha value is -1.91. The predicted molar refractivity (Wildman–Crippen MR) is 68.6 cm³/mol. The Morgan fingerprint density at radius 3 is 2.89 bits per heavy atom. The number of benzene rings is 1. The molecule has 0 fully saturated rings. The van der Waals surface area contributed by atoms with Crippen molar-refractivity contribution in [2.45, 2.75) is 33.2 Å². The van der Waals surface area contributed by atoms with Gasteiger partial charge in [-0.25, -0.2) is 9.48 Å². The number of aromatic nitrogens is 3. The molecule has 0 aliphatic rings. The lowest BCUT2D eigenvalue weighted by Crippen LogP contribution is -2.02. The Bertz CT molecular complexity index is 560. The van der Waals surface area contributed by atoms with Crippen molar-refractivity contribution in [3.05, 3.63) is 23.8 Å². The highest BCUT2D eigenvalue weighted by atomic mass is 16.4. The van der Waals surface area contributed by atoms with Crippen molar-refractivity contribution < 1.29 is 9.90 Å². The van der Waals surface area contributed by atoms with E-state index < -0.39 is 5.97 Å². The molecule has 2 aromatic rings. The Morgan fingerprint density at radius 2 is 2.22 bits per heavy atom. The molecule has 0 aliphatic carbocycles. The van der Waals surface area contributed by atoms with Crippen molar-refractivity contribution >= 4 is 17.0 Å². The highest BCUT2D eigenvalue weighted by Gasteiger charge is 2.08. The van der Waals surface area contributed by atoms with Gasteiger partial charge in [0, 0.05) is 6.54 Å². The second kappa shape index (κ2) is 5.16. The molecule has 0 atom stereocenters. The van der Waals surface area contributed by atoms with Crippen LogP contribution in [-0.2, 0) is 6.54 Å². The molecule has 0 saturated heterocycles. The van der Waals surface area contributed by atoms with E-state index in [2.05, 4.69) is 24.2 Å². The quantitative estimate of drug-likeness (QED) is 0.881. The third kappa shape index (κ3) is 2.67. The van der Waals surface area contributed by atoms with Gasteiger partial charge >= 0.3 is 5.97 Å². The monoisotopic (exact) mass is 247 g/mol. The van der Waals surface area contributed by atoms with Crippen molar-refractivity contribution in [3.8, 4) is 0 Å². The average molecular weight is 247 g/mol. The van der Waals surface area contributed by atoms with Gasteiger partial charge in [-0.05, 0) is 37.0 Å². The van der Waals surface area contributed by atoms with E-state index in [0.717, 1.165) is 24.9 Å². The highest BCUT2D eigenvalue weighted by molar-refractivity contribution is 5.92. The van der Waals surface area contributed by atoms with Gasteiger partial charge in [0.05, 0.1) is 11.1 Å². The highest BCUT2D eigenvalue weighted by Crippen LogP contribution is 2.15. The molecule has 1 N–H and O–H groups in total. The fourth-order valence-corrected chi connectivity index (χ4v) is 1.92. The molecule has 0 unspecified atom stereocenters. The van der Waals surface area contributed by atoms with Gasteiger partial charge in [-0.3, -0.25) is 0 Å². The number of rotatable bonds is 5. The number of carboxylic acids is 1. The van der Waals surface area contributed by atoms with Crippen LogP contribution in [0.4, 0.5) is 0 Å². The summed E-state index contributed by atoms with van der Waals surface area (Å²) in [6.45, 7) is 5.21. The van der Waals surface area contributed by atoms with E-state index >= 15 is 0 Å². The van der Waals surface area contributed by atoms with Crippen molar-refractivity contribution in [2.24, 2.45) is 5.92 Å². The fourth-order valence-electron chi connectivity index (χ4n) is 1.92. The van der Waals surface area contributed by atoms with E-state index in [1.807, 2.05) is 4.68 Å². The Morgan fingerprint density at radius 1 is 1.44 bits per heavy atom. The summed E-state index contributed by atoms with van der Waals surface area (Å²) in [6, 6.07) is 4.92. The predicted octanol–water partition coefficient (Wildman–Crippen LogP) is 2.57. The second-order valence-corrected chi connectivity index (χ2v) is 4.86. The maximum Gasteiger partial charge on any atom is 0.335 e. The first-order valence-electron chi connectivity index (χ1n) is 6.14. The number of carboxylic acid groups (broad SMARTS) is 1. The molecule has 5 nitrogen and oxygen atoms in total. The third-order valence-corrected chi connectivity index (χ3v) is 2.91. The lowest BCUT2D eigenvalue weighted by molar-refractivity contribution is 0.0697. The lowest BCUT2D eigenvalue weighted by atomic mass is 10.1. The van der Waals surface area contributed by atoms with Crippen molar-refractivity contribution in [1.82, 2.24) is 15.0 Å². The minimum Gasteiger partial charge on any atom is -0.478 e. The maximum absolute atomic E-state index is 10.8. The summed E-state index contributed by atoms with van der Waals surface area (Å²) in [5, 5.41) is 17.0.